The number of nitrogens with zero attached hydrogens (tertiary/aromatic N) is 2. The fourth-order valence-corrected chi connectivity index (χ4v) is 2.35. The minimum atomic E-state index is -1.09. The van der Waals surface area contributed by atoms with Gasteiger partial charge in [0.05, 0.1) is 22.8 Å². The highest BCUT2D eigenvalue weighted by atomic mass is 35.5. The van der Waals surface area contributed by atoms with Gasteiger partial charge in [-0.25, -0.2) is 9.78 Å². The molecule has 24 heavy (non-hydrogen) atoms. The number of nitro groups is 1. The van der Waals surface area contributed by atoms with Gasteiger partial charge in [0.25, 0.3) is 0 Å². The largest absolute Gasteiger partial charge is 0.478 e. The first-order valence-electron chi connectivity index (χ1n) is 6.70. The van der Waals surface area contributed by atoms with Crippen LogP contribution in [0.2, 0.25) is 5.02 Å². The number of aromatic nitrogens is 1. The topological polar surface area (TPSA) is 106 Å². The van der Waals surface area contributed by atoms with E-state index in [2.05, 4.69) is 4.98 Å². The lowest BCUT2D eigenvalue weighted by Gasteiger charge is -2.04. The summed E-state index contributed by atoms with van der Waals surface area (Å²) in [5.74, 6) is -1.21. The van der Waals surface area contributed by atoms with E-state index >= 15 is 0 Å². The molecule has 2 heterocycles. The van der Waals surface area contributed by atoms with Crippen LogP contribution in [0.5, 0.6) is 0 Å². The molecule has 0 amide bonds. The maximum atomic E-state index is 11.4. The van der Waals surface area contributed by atoms with Crippen LogP contribution in [0.25, 0.3) is 23.1 Å². The molecule has 0 bridgehead atoms. The van der Waals surface area contributed by atoms with Crippen molar-refractivity contribution < 1.29 is 19.2 Å². The summed E-state index contributed by atoms with van der Waals surface area (Å²) in [4.78, 5) is 25.7. The Morgan fingerprint density at radius 1 is 1.25 bits per heavy atom. The van der Waals surface area contributed by atoms with E-state index in [1.54, 1.807) is 18.2 Å². The molecule has 0 spiro atoms. The zero-order valence-corrected chi connectivity index (χ0v) is 12.7. The number of hydrogen-bond donors (Lipinski definition) is 1. The molecule has 1 N–H and O–H groups in total. The third-order valence-electron chi connectivity index (χ3n) is 3.23. The number of benzene rings is 1. The number of rotatable bonds is 4. The second-order valence-electron chi connectivity index (χ2n) is 4.83. The number of fused-ring (bicyclic) bond motifs is 1. The monoisotopic (exact) mass is 344 g/mol. The molecule has 0 saturated heterocycles. The fraction of sp³-hybridized carbons (Fsp3) is 0. The zero-order valence-electron chi connectivity index (χ0n) is 12.0. The zero-order chi connectivity index (χ0) is 17.3. The number of halogens is 1. The van der Waals surface area contributed by atoms with Crippen LogP contribution in [0.1, 0.15) is 21.8 Å². The first-order chi connectivity index (χ1) is 11.4. The van der Waals surface area contributed by atoms with Crippen LogP contribution >= 0.6 is 11.6 Å². The molecule has 0 unspecified atom stereocenters. The van der Waals surface area contributed by atoms with E-state index < -0.39 is 10.9 Å². The van der Waals surface area contributed by atoms with Crippen LogP contribution in [0.3, 0.4) is 0 Å². The lowest BCUT2D eigenvalue weighted by molar-refractivity contribution is -0.402. The molecule has 0 aliphatic carbocycles. The standard InChI is InChI=1S/C16H9ClN2O5/c17-9-1-5-12-13(16(20)21)8-10(18-14(12)7-9)2-3-11-4-6-15(24-11)19(22)23/h1-8H,(H,20,21). The van der Waals surface area contributed by atoms with Crippen LogP contribution in [0.15, 0.2) is 40.8 Å². The smallest absolute Gasteiger partial charge is 0.433 e. The highest BCUT2D eigenvalue weighted by molar-refractivity contribution is 6.31. The average molecular weight is 345 g/mol. The molecule has 3 rings (SSSR count). The number of pyridine rings is 1. The van der Waals surface area contributed by atoms with Crippen molar-refractivity contribution in [1.29, 1.82) is 0 Å². The van der Waals surface area contributed by atoms with Gasteiger partial charge >= 0.3 is 11.9 Å². The Morgan fingerprint density at radius 2 is 2.04 bits per heavy atom. The van der Waals surface area contributed by atoms with Crippen LogP contribution in [-0.4, -0.2) is 21.0 Å². The van der Waals surface area contributed by atoms with Crippen molar-refractivity contribution in [3.8, 4) is 0 Å². The first kappa shape index (κ1) is 15.7. The molecule has 120 valence electrons. The summed E-state index contributed by atoms with van der Waals surface area (Å²) >= 11 is 5.92. The van der Waals surface area contributed by atoms with Gasteiger partial charge in [-0.15, -0.1) is 0 Å². The number of carbonyl (C=O) groups is 1. The van der Waals surface area contributed by atoms with Crippen molar-refractivity contribution in [2.75, 3.05) is 0 Å². The van der Waals surface area contributed by atoms with Crippen LogP contribution in [0, 0.1) is 10.1 Å². The summed E-state index contributed by atoms with van der Waals surface area (Å²) in [6.45, 7) is 0. The predicted molar refractivity (Wildman–Crippen MR) is 88.0 cm³/mol. The minimum absolute atomic E-state index is 0.0849. The highest BCUT2D eigenvalue weighted by Gasteiger charge is 2.12. The van der Waals surface area contributed by atoms with Crippen molar-refractivity contribution >= 4 is 46.5 Å². The van der Waals surface area contributed by atoms with Gasteiger partial charge in [-0.2, -0.15) is 0 Å². The first-order valence-corrected chi connectivity index (χ1v) is 7.08. The molecule has 0 aliphatic heterocycles. The summed E-state index contributed by atoms with van der Waals surface area (Å²) < 4.78 is 5.00. The Kier molecular flexibility index (Phi) is 4.01. The van der Waals surface area contributed by atoms with Gasteiger partial charge in [-0.1, -0.05) is 17.7 Å². The van der Waals surface area contributed by atoms with Gasteiger partial charge in [0.1, 0.15) is 10.7 Å². The number of carboxylic acid groups (broad SMARTS) is 1. The van der Waals surface area contributed by atoms with E-state index in [1.165, 1.54) is 30.4 Å². The van der Waals surface area contributed by atoms with Crippen molar-refractivity contribution in [2.45, 2.75) is 0 Å². The Labute approximate surface area is 140 Å². The molecule has 2 aromatic heterocycles. The van der Waals surface area contributed by atoms with Crippen molar-refractivity contribution in [3.05, 3.63) is 68.6 Å². The SMILES string of the molecule is O=C(O)c1cc(C=Cc2ccc([N+](=O)[O-])o2)nc2cc(Cl)ccc12. The molecule has 0 saturated carbocycles. The summed E-state index contributed by atoms with van der Waals surface area (Å²) in [6, 6.07) is 8.83. The molecule has 0 aliphatic rings. The lowest BCUT2D eigenvalue weighted by atomic mass is 10.1. The summed E-state index contributed by atoms with van der Waals surface area (Å²) in [5, 5.41) is 20.8. The third-order valence-corrected chi connectivity index (χ3v) is 3.47. The number of furan rings is 1. The molecule has 0 radical (unpaired) electrons. The Bertz CT molecular complexity index is 993. The van der Waals surface area contributed by atoms with Gasteiger partial charge in [-0.3, -0.25) is 10.1 Å². The maximum Gasteiger partial charge on any atom is 0.433 e. The van der Waals surface area contributed by atoms with Gasteiger partial charge in [0, 0.05) is 10.4 Å². The van der Waals surface area contributed by atoms with Gasteiger partial charge in [0.15, 0.2) is 0 Å². The highest BCUT2D eigenvalue weighted by Crippen LogP contribution is 2.24. The molecule has 0 fully saturated rings. The van der Waals surface area contributed by atoms with Crippen LogP contribution < -0.4 is 0 Å². The predicted octanol–water partition coefficient (Wildman–Crippen LogP) is 4.26. The van der Waals surface area contributed by atoms with Gasteiger partial charge in [0.2, 0.25) is 0 Å². The normalized spacial score (nSPS) is 11.2. The molecular formula is C16H9ClN2O5. The average Bonchev–Trinajstić information content (AvgIpc) is 3.00. The van der Waals surface area contributed by atoms with E-state index in [-0.39, 0.29) is 17.2 Å². The summed E-state index contributed by atoms with van der Waals surface area (Å²) in [7, 11) is 0. The quantitative estimate of drug-likeness (QED) is 0.559. The second-order valence-corrected chi connectivity index (χ2v) is 5.26. The Morgan fingerprint density at radius 3 is 2.71 bits per heavy atom. The van der Waals surface area contributed by atoms with Gasteiger partial charge in [-0.05, 0) is 36.4 Å². The van der Waals surface area contributed by atoms with Crippen molar-refractivity contribution in [3.63, 3.8) is 0 Å². The van der Waals surface area contributed by atoms with Gasteiger partial charge < -0.3 is 9.52 Å². The van der Waals surface area contributed by atoms with E-state index in [0.29, 0.717) is 21.6 Å². The number of aromatic carboxylic acids is 1. The van der Waals surface area contributed by atoms with E-state index in [1.807, 2.05) is 0 Å². The number of carboxylic acids is 1. The van der Waals surface area contributed by atoms with Crippen molar-refractivity contribution in [2.24, 2.45) is 0 Å². The number of hydrogen-bond acceptors (Lipinski definition) is 5. The molecule has 8 heteroatoms. The minimum Gasteiger partial charge on any atom is -0.478 e. The van der Waals surface area contributed by atoms with Crippen molar-refractivity contribution in [1.82, 2.24) is 4.98 Å². The Hall–Kier alpha value is -3.19. The molecule has 1 aromatic carbocycles. The van der Waals surface area contributed by atoms with E-state index in [4.69, 9.17) is 16.0 Å². The van der Waals surface area contributed by atoms with E-state index in [9.17, 15) is 20.0 Å². The fourth-order valence-electron chi connectivity index (χ4n) is 2.18. The molecule has 3 aromatic rings. The Balaban J connectivity index is 2.03. The summed E-state index contributed by atoms with van der Waals surface area (Å²) in [6.07, 6.45) is 2.98. The van der Waals surface area contributed by atoms with Crippen LogP contribution in [-0.2, 0) is 0 Å². The van der Waals surface area contributed by atoms with Crippen LogP contribution in [0.4, 0.5) is 5.88 Å². The molecule has 7 nitrogen and oxygen atoms in total. The third kappa shape index (κ3) is 3.11. The molecule has 0 atom stereocenters. The second kappa shape index (κ2) is 6.13. The lowest BCUT2D eigenvalue weighted by Crippen LogP contribution is -2.00. The summed E-state index contributed by atoms with van der Waals surface area (Å²) in [5.41, 5.74) is 0.885. The van der Waals surface area contributed by atoms with E-state index in [0.717, 1.165) is 0 Å². The maximum absolute atomic E-state index is 11.4. The molecular weight excluding hydrogens is 336 g/mol.